The zero-order chi connectivity index (χ0) is 17.4. The Kier molecular flexibility index (Phi) is 3.93. The molecule has 1 aromatic carbocycles. The molecular weight excluding hydrogens is 332 g/mol. The van der Waals surface area contributed by atoms with Gasteiger partial charge in [0.1, 0.15) is 12.1 Å². The van der Waals surface area contributed by atoms with E-state index in [1.54, 1.807) is 12.5 Å². The van der Waals surface area contributed by atoms with Gasteiger partial charge in [-0.2, -0.15) is 0 Å². The van der Waals surface area contributed by atoms with E-state index in [9.17, 15) is 0 Å². The van der Waals surface area contributed by atoms with E-state index in [-0.39, 0.29) is 6.04 Å². The predicted octanol–water partition coefficient (Wildman–Crippen LogP) is 4.23. The number of aryl methyl sites for hydroxylation is 1. The van der Waals surface area contributed by atoms with Crippen LogP contribution in [0.3, 0.4) is 0 Å². The predicted molar refractivity (Wildman–Crippen MR) is 102 cm³/mol. The summed E-state index contributed by atoms with van der Waals surface area (Å²) in [7, 11) is 0. The first-order valence-electron chi connectivity index (χ1n) is 8.22. The second-order valence-electron chi connectivity index (χ2n) is 5.90. The summed E-state index contributed by atoms with van der Waals surface area (Å²) in [4.78, 5) is 16.5. The lowest BCUT2D eigenvalue weighted by Crippen LogP contribution is -2.10. The van der Waals surface area contributed by atoms with Crippen LogP contribution in [0.4, 0.5) is 5.82 Å². The van der Waals surface area contributed by atoms with Crippen molar-refractivity contribution in [3.05, 3.63) is 53.3 Å². The van der Waals surface area contributed by atoms with Crippen molar-refractivity contribution in [3.63, 3.8) is 0 Å². The largest absolute Gasteiger partial charge is 0.361 e. The van der Waals surface area contributed by atoms with Crippen LogP contribution < -0.4 is 5.32 Å². The van der Waals surface area contributed by atoms with Crippen molar-refractivity contribution < 1.29 is 0 Å². The molecule has 3 aromatic heterocycles. The monoisotopic (exact) mass is 350 g/mol. The van der Waals surface area contributed by atoms with E-state index in [4.69, 9.17) is 12.2 Å². The summed E-state index contributed by atoms with van der Waals surface area (Å²) in [6.45, 7) is 4.96. The second-order valence-corrected chi connectivity index (χ2v) is 6.29. The molecule has 4 aromatic rings. The Labute approximate surface area is 150 Å². The third-order valence-corrected chi connectivity index (χ3v) is 4.65. The van der Waals surface area contributed by atoms with Crippen molar-refractivity contribution in [1.29, 1.82) is 0 Å². The van der Waals surface area contributed by atoms with Crippen molar-refractivity contribution in [2.24, 2.45) is 0 Å². The molecule has 0 spiro atoms. The summed E-state index contributed by atoms with van der Waals surface area (Å²) in [5, 5.41) is 4.40. The number of pyridine rings is 1. The number of hydrogen-bond acceptors (Lipinski definition) is 5. The summed E-state index contributed by atoms with van der Waals surface area (Å²) >= 11 is 5.40. The quantitative estimate of drug-likeness (QED) is 0.539. The Balaban J connectivity index is 1.82. The van der Waals surface area contributed by atoms with Crippen molar-refractivity contribution in [1.82, 2.24) is 24.5 Å². The molecule has 0 saturated carbocycles. The lowest BCUT2D eigenvalue weighted by Gasteiger charge is -2.15. The molecule has 0 amide bonds. The van der Waals surface area contributed by atoms with Gasteiger partial charge in [-0.05, 0) is 50.3 Å². The van der Waals surface area contributed by atoms with E-state index in [0.717, 1.165) is 44.8 Å². The van der Waals surface area contributed by atoms with Crippen LogP contribution in [-0.4, -0.2) is 24.5 Å². The molecule has 0 aliphatic rings. The maximum Gasteiger partial charge on any atom is 0.178 e. The summed E-state index contributed by atoms with van der Waals surface area (Å²) in [6, 6.07) is 10.0. The normalized spacial score (nSPS) is 12.6. The van der Waals surface area contributed by atoms with Gasteiger partial charge in [-0.25, -0.2) is 9.97 Å². The van der Waals surface area contributed by atoms with Crippen LogP contribution in [0.5, 0.6) is 0 Å². The van der Waals surface area contributed by atoms with E-state index < -0.39 is 0 Å². The minimum atomic E-state index is 0.0359. The van der Waals surface area contributed by atoms with Crippen molar-refractivity contribution in [2.45, 2.75) is 26.4 Å². The first kappa shape index (κ1) is 15.7. The van der Waals surface area contributed by atoms with Gasteiger partial charge in [-0.3, -0.25) is 4.98 Å². The lowest BCUT2D eigenvalue weighted by atomic mass is 10.1. The van der Waals surface area contributed by atoms with Crippen LogP contribution in [0.25, 0.3) is 21.9 Å². The van der Waals surface area contributed by atoms with Gasteiger partial charge < -0.3 is 14.9 Å². The average Bonchev–Trinajstić information content (AvgIpc) is 2.95. The van der Waals surface area contributed by atoms with Crippen LogP contribution in [0, 0.1) is 4.77 Å². The second kappa shape index (κ2) is 6.25. The van der Waals surface area contributed by atoms with E-state index in [2.05, 4.69) is 55.8 Å². The number of benzene rings is 1. The van der Waals surface area contributed by atoms with Crippen molar-refractivity contribution in [3.8, 4) is 0 Å². The molecule has 0 bridgehead atoms. The minimum Gasteiger partial charge on any atom is -0.361 e. The maximum atomic E-state index is 5.40. The topological polar surface area (TPSA) is 71.4 Å². The number of imidazole rings is 1. The van der Waals surface area contributed by atoms with E-state index in [1.165, 1.54) is 0 Å². The van der Waals surface area contributed by atoms with Gasteiger partial charge in [0, 0.05) is 18.1 Å². The highest BCUT2D eigenvalue weighted by Gasteiger charge is 2.12. The number of aromatic amines is 1. The van der Waals surface area contributed by atoms with Crippen LogP contribution >= 0.6 is 12.2 Å². The third kappa shape index (κ3) is 2.76. The molecule has 0 aliphatic carbocycles. The smallest absolute Gasteiger partial charge is 0.178 e. The SMILES string of the molecule is CCn1c(=S)[nH]c2cc3c(NC(C)c4ccccn4)ncnc3cc21. The summed E-state index contributed by atoms with van der Waals surface area (Å²) in [6.07, 6.45) is 3.38. The molecule has 2 N–H and O–H groups in total. The molecule has 1 atom stereocenters. The minimum absolute atomic E-state index is 0.0359. The molecule has 3 heterocycles. The molecule has 7 heteroatoms. The number of rotatable bonds is 4. The first-order chi connectivity index (χ1) is 12.2. The number of hydrogen-bond donors (Lipinski definition) is 2. The van der Waals surface area contributed by atoms with Gasteiger partial charge in [0.15, 0.2) is 4.77 Å². The molecule has 0 aliphatic heterocycles. The standard InChI is InChI=1S/C18H18N6S/c1-3-24-16-9-14-12(8-15(16)23-18(24)25)17(21-10-20-14)22-11(2)13-6-4-5-7-19-13/h4-11H,3H2,1-2H3,(H,23,25)(H,20,21,22). The summed E-state index contributed by atoms with van der Waals surface area (Å²) in [5.41, 5.74) is 3.89. The van der Waals surface area contributed by atoms with Crippen LogP contribution in [0.15, 0.2) is 42.9 Å². The number of nitrogens with one attached hydrogen (secondary N) is 2. The number of nitrogens with zero attached hydrogens (tertiary/aromatic N) is 4. The molecule has 0 radical (unpaired) electrons. The van der Waals surface area contributed by atoms with E-state index in [0.29, 0.717) is 0 Å². The molecule has 4 rings (SSSR count). The van der Waals surface area contributed by atoms with E-state index in [1.807, 2.05) is 18.2 Å². The Morgan fingerprint density at radius 1 is 1.24 bits per heavy atom. The third-order valence-electron chi connectivity index (χ3n) is 4.33. The average molecular weight is 350 g/mol. The Morgan fingerprint density at radius 2 is 2.12 bits per heavy atom. The Morgan fingerprint density at radius 3 is 2.88 bits per heavy atom. The van der Waals surface area contributed by atoms with Crippen LogP contribution in [0.2, 0.25) is 0 Å². The molecule has 1 unspecified atom stereocenters. The van der Waals surface area contributed by atoms with Crippen LogP contribution in [0.1, 0.15) is 25.6 Å². The van der Waals surface area contributed by atoms with Gasteiger partial charge in [-0.15, -0.1) is 0 Å². The fourth-order valence-electron chi connectivity index (χ4n) is 3.05. The molecular formula is C18H18N6S. The number of anilines is 1. The highest BCUT2D eigenvalue weighted by Crippen LogP contribution is 2.27. The first-order valence-corrected chi connectivity index (χ1v) is 8.63. The van der Waals surface area contributed by atoms with Crippen molar-refractivity contribution in [2.75, 3.05) is 5.32 Å². The van der Waals surface area contributed by atoms with E-state index >= 15 is 0 Å². The number of fused-ring (bicyclic) bond motifs is 2. The Hall–Kier alpha value is -2.80. The fourth-order valence-corrected chi connectivity index (χ4v) is 3.39. The van der Waals surface area contributed by atoms with Gasteiger partial charge in [0.25, 0.3) is 0 Å². The van der Waals surface area contributed by atoms with Gasteiger partial charge in [0.2, 0.25) is 0 Å². The molecule has 126 valence electrons. The van der Waals surface area contributed by atoms with Crippen LogP contribution in [-0.2, 0) is 6.54 Å². The summed E-state index contributed by atoms with van der Waals surface area (Å²) in [5.74, 6) is 0.786. The molecule has 0 saturated heterocycles. The zero-order valence-corrected chi connectivity index (χ0v) is 14.8. The summed E-state index contributed by atoms with van der Waals surface area (Å²) < 4.78 is 2.78. The number of H-pyrrole nitrogens is 1. The Bertz CT molecular complexity index is 1100. The van der Waals surface area contributed by atoms with Gasteiger partial charge in [-0.1, -0.05) is 6.07 Å². The van der Waals surface area contributed by atoms with Gasteiger partial charge in [0.05, 0.1) is 28.3 Å². The molecule has 25 heavy (non-hydrogen) atoms. The highest BCUT2D eigenvalue weighted by molar-refractivity contribution is 7.71. The highest BCUT2D eigenvalue weighted by atomic mass is 32.1. The zero-order valence-electron chi connectivity index (χ0n) is 14.0. The lowest BCUT2D eigenvalue weighted by molar-refractivity contribution is 0.774. The maximum absolute atomic E-state index is 5.40. The molecule has 6 nitrogen and oxygen atoms in total. The molecule has 0 fully saturated rings. The van der Waals surface area contributed by atoms with Crippen molar-refractivity contribution >= 4 is 40.0 Å². The fraction of sp³-hybridized carbons (Fsp3) is 0.222. The van der Waals surface area contributed by atoms with Gasteiger partial charge >= 0.3 is 0 Å². The number of aromatic nitrogens is 5.